The predicted molar refractivity (Wildman–Crippen MR) is 97.0 cm³/mol. The van der Waals surface area contributed by atoms with Crippen molar-refractivity contribution < 1.29 is 47.9 Å². The van der Waals surface area contributed by atoms with Crippen LogP contribution in [0, 0.1) is 0 Å². The summed E-state index contributed by atoms with van der Waals surface area (Å²) in [6.07, 6.45) is 0. The second-order valence-corrected chi connectivity index (χ2v) is 7.51. The Kier molecular flexibility index (Phi) is 7.21. The van der Waals surface area contributed by atoms with Gasteiger partial charge in [-0.15, -0.1) is 0 Å². The van der Waals surface area contributed by atoms with Crippen LogP contribution in [0.2, 0.25) is 0 Å². The number of aromatic carboxylic acids is 1. The summed E-state index contributed by atoms with van der Waals surface area (Å²) in [4.78, 5) is 11.1. The van der Waals surface area contributed by atoms with E-state index in [0.29, 0.717) is 5.69 Å². The fourth-order valence-electron chi connectivity index (χ4n) is 2.55. The molecule has 0 N–H and O–H groups in total. The van der Waals surface area contributed by atoms with Gasteiger partial charge in [-0.2, -0.15) is 0 Å². The molecular weight excluding hydrogens is 373 g/mol. The molecule has 3 aromatic carbocycles. The van der Waals surface area contributed by atoms with E-state index in [2.05, 4.69) is 0 Å². The zero-order chi connectivity index (χ0) is 18.6. The van der Waals surface area contributed by atoms with E-state index < -0.39 is 16.0 Å². The number of anilines is 1. The van der Waals surface area contributed by atoms with Crippen molar-refractivity contribution in [2.24, 2.45) is 0 Å². The van der Waals surface area contributed by atoms with Crippen molar-refractivity contribution in [2.75, 3.05) is 4.31 Å². The Morgan fingerprint density at radius 3 is 1.85 bits per heavy atom. The van der Waals surface area contributed by atoms with E-state index in [9.17, 15) is 18.3 Å². The molecule has 0 spiro atoms. The van der Waals surface area contributed by atoms with E-state index in [0.717, 1.165) is 5.56 Å². The van der Waals surface area contributed by atoms with Gasteiger partial charge in [0.05, 0.1) is 23.1 Å². The molecule has 3 aromatic rings. The molecule has 3 rings (SSSR count). The first-order valence-electron chi connectivity index (χ1n) is 7.91. The molecule has 0 saturated carbocycles. The molecule has 7 heteroatoms. The van der Waals surface area contributed by atoms with Gasteiger partial charge in [0.2, 0.25) is 0 Å². The number of benzene rings is 3. The average Bonchev–Trinajstić information content (AvgIpc) is 2.67. The number of hydrogen-bond donors (Lipinski definition) is 0. The number of carboxylic acids is 1. The Labute approximate surface area is 180 Å². The maximum atomic E-state index is 13.2. The largest absolute Gasteiger partial charge is 1.00 e. The molecule has 0 aliphatic heterocycles. The van der Waals surface area contributed by atoms with Gasteiger partial charge < -0.3 is 9.90 Å². The first-order valence-corrected chi connectivity index (χ1v) is 9.35. The maximum Gasteiger partial charge on any atom is 1.00 e. The van der Waals surface area contributed by atoms with Crippen LogP contribution in [0.25, 0.3) is 0 Å². The van der Waals surface area contributed by atoms with Crippen LogP contribution in [-0.4, -0.2) is 14.4 Å². The van der Waals surface area contributed by atoms with Gasteiger partial charge in [-0.1, -0.05) is 60.7 Å². The van der Waals surface area contributed by atoms with Gasteiger partial charge in [0.1, 0.15) is 0 Å². The Hall–Kier alpha value is -2.12. The Morgan fingerprint density at radius 1 is 0.815 bits per heavy atom. The van der Waals surface area contributed by atoms with Crippen molar-refractivity contribution in [3.8, 4) is 0 Å². The van der Waals surface area contributed by atoms with Crippen LogP contribution < -0.4 is 39.0 Å². The molecule has 0 unspecified atom stereocenters. The van der Waals surface area contributed by atoms with Crippen LogP contribution in [0.1, 0.15) is 15.9 Å². The Balaban J connectivity index is 0.00000261. The van der Waals surface area contributed by atoms with E-state index in [1.165, 1.54) is 40.7 Å². The van der Waals surface area contributed by atoms with Crippen LogP contribution >= 0.6 is 0 Å². The van der Waals surface area contributed by atoms with Gasteiger partial charge in [0.25, 0.3) is 10.0 Å². The molecule has 5 nitrogen and oxygen atoms in total. The molecule has 0 fully saturated rings. The number of nitrogens with zero attached hydrogens (tertiary/aromatic N) is 1. The van der Waals surface area contributed by atoms with Gasteiger partial charge >= 0.3 is 29.6 Å². The fourth-order valence-corrected chi connectivity index (χ4v) is 4.02. The van der Waals surface area contributed by atoms with E-state index in [-0.39, 0.29) is 46.6 Å². The summed E-state index contributed by atoms with van der Waals surface area (Å²) in [6, 6.07) is 22.9. The third-order valence-corrected chi connectivity index (χ3v) is 5.68. The number of sulfonamides is 1. The Morgan fingerprint density at radius 2 is 1.33 bits per heavy atom. The molecule has 0 saturated heterocycles. The summed E-state index contributed by atoms with van der Waals surface area (Å²) in [5.74, 6) is -1.31. The molecule has 0 atom stereocenters. The second-order valence-electron chi connectivity index (χ2n) is 5.64. The van der Waals surface area contributed by atoms with Crippen LogP contribution in [-0.2, 0) is 16.6 Å². The maximum absolute atomic E-state index is 13.2. The molecule has 132 valence electrons. The molecule has 0 bridgehead atoms. The number of hydrogen-bond acceptors (Lipinski definition) is 4. The van der Waals surface area contributed by atoms with Gasteiger partial charge in [0, 0.05) is 0 Å². The first kappa shape index (κ1) is 21.2. The minimum absolute atomic E-state index is 0. The zero-order valence-electron chi connectivity index (χ0n) is 14.8. The predicted octanol–water partition coefficient (Wildman–Crippen LogP) is -0.550. The monoisotopic (exact) mass is 389 g/mol. The Bertz CT molecular complexity index is 991. The number of carbonyl (C=O) groups is 1. The van der Waals surface area contributed by atoms with E-state index >= 15 is 0 Å². The quantitative estimate of drug-likeness (QED) is 0.530. The van der Waals surface area contributed by atoms with Gasteiger partial charge in [-0.25, -0.2) is 8.42 Å². The first-order chi connectivity index (χ1) is 12.5. The topological polar surface area (TPSA) is 77.5 Å². The molecule has 0 aromatic heterocycles. The van der Waals surface area contributed by atoms with E-state index in [4.69, 9.17) is 0 Å². The van der Waals surface area contributed by atoms with Crippen molar-refractivity contribution in [1.82, 2.24) is 0 Å². The summed E-state index contributed by atoms with van der Waals surface area (Å²) in [6.45, 7) is 0.128. The molecule has 0 aliphatic rings. The molecule has 0 aliphatic carbocycles. The van der Waals surface area contributed by atoms with E-state index in [1.54, 1.807) is 18.2 Å². The van der Waals surface area contributed by atoms with Gasteiger partial charge in [-0.05, 0) is 35.4 Å². The van der Waals surface area contributed by atoms with Crippen LogP contribution in [0.4, 0.5) is 5.69 Å². The van der Waals surface area contributed by atoms with E-state index in [1.807, 2.05) is 30.3 Å². The van der Waals surface area contributed by atoms with Gasteiger partial charge in [-0.3, -0.25) is 4.31 Å². The molecular formula is C20H16NNaO4S. The van der Waals surface area contributed by atoms with Crippen LogP contribution in [0.15, 0.2) is 89.8 Å². The third-order valence-electron chi connectivity index (χ3n) is 3.89. The summed E-state index contributed by atoms with van der Waals surface area (Å²) in [5, 5.41) is 10.9. The van der Waals surface area contributed by atoms with Crippen molar-refractivity contribution in [2.45, 2.75) is 11.4 Å². The SMILES string of the molecule is O=C([O-])c1ccc(N(Cc2ccccc2)S(=O)(=O)c2ccccc2)cc1.[Na+]. The smallest absolute Gasteiger partial charge is 0.545 e. The zero-order valence-corrected chi connectivity index (χ0v) is 17.6. The fraction of sp³-hybridized carbons (Fsp3) is 0.0500. The van der Waals surface area contributed by atoms with Crippen molar-refractivity contribution in [3.63, 3.8) is 0 Å². The number of rotatable bonds is 6. The summed E-state index contributed by atoms with van der Waals surface area (Å²) >= 11 is 0. The minimum atomic E-state index is -3.82. The second kappa shape index (κ2) is 9.19. The van der Waals surface area contributed by atoms with Crippen LogP contribution in [0.5, 0.6) is 0 Å². The summed E-state index contributed by atoms with van der Waals surface area (Å²) in [7, 11) is -3.82. The molecule has 0 radical (unpaired) electrons. The number of carbonyl (C=O) groups excluding carboxylic acids is 1. The molecule has 27 heavy (non-hydrogen) atoms. The molecule has 0 heterocycles. The summed E-state index contributed by atoms with van der Waals surface area (Å²) in [5.41, 5.74) is 1.18. The third kappa shape index (κ3) is 4.99. The molecule has 0 amide bonds. The number of carboxylic acid groups (broad SMARTS) is 1. The standard InChI is InChI=1S/C20H17NO4S.Na/c22-20(23)17-11-13-18(14-12-17)21(15-16-7-3-1-4-8-16)26(24,25)19-9-5-2-6-10-19;/h1-14H,15H2,(H,22,23);/q;+1/p-1. The summed E-state index contributed by atoms with van der Waals surface area (Å²) < 4.78 is 27.6. The van der Waals surface area contributed by atoms with Crippen molar-refractivity contribution in [1.29, 1.82) is 0 Å². The normalized spacial score (nSPS) is 10.7. The average molecular weight is 389 g/mol. The van der Waals surface area contributed by atoms with Crippen LogP contribution in [0.3, 0.4) is 0 Å². The van der Waals surface area contributed by atoms with Crippen molar-refractivity contribution >= 4 is 21.7 Å². The van der Waals surface area contributed by atoms with Gasteiger partial charge in [0.15, 0.2) is 0 Å². The minimum Gasteiger partial charge on any atom is -0.545 e. The van der Waals surface area contributed by atoms with Crippen molar-refractivity contribution in [3.05, 3.63) is 96.1 Å².